The first kappa shape index (κ1) is 13.4. The fraction of sp³-hybridized carbons (Fsp3) is 0.455. The summed E-state index contributed by atoms with van der Waals surface area (Å²) >= 11 is 0. The Labute approximate surface area is 99.1 Å². The van der Waals surface area contributed by atoms with Gasteiger partial charge in [-0.3, -0.25) is 4.21 Å². The van der Waals surface area contributed by atoms with Gasteiger partial charge in [0.1, 0.15) is 0 Å². The Kier molecular flexibility index (Phi) is 5.18. The van der Waals surface area contributed by atoms with Crippen molar-refractivity contribution in [1.82, 2.24) is 0 Å². The molecule has 0 amide bonds. The summed E-state index contributed by atoms with van der Waals surface area (Å²) in [7, 11) is -2.45. The predicted octanol–water partition coefficient (Wildman–Crippen LogP) is 0.520. The molecule has 1 rings (SSSR count). The highest BCUT2D eigenvalue weighted by Gasteiger charge is 2.11. The van der Waals surface area contributed by atoms with Gasteiger partial charge in [0.05, 0.1) is 10.8 Å². The maximum Gasteiger partial charge on any atom is 0.488 e. The molecule has 0 heterocycles. The smallest absolute Gasteiger partial charge is 0.423 e. The van der Waals surface area contributed by atoms with Crippen molar-refractivity contribution in [2.24, 2.45) is 5.92 Å². The number of hydrogen-bond acceptors (Lipinski definition) is 3. The molecule has 1 aromatic carbocycles. The van der Waals surface area contributed by atoms with Crippen molar-refractivity contribution in [2.45, 2.75) is 25.2 Å². The summed E-state index contributed by atoms with van der Waals surface area (Å²) in [6.07, 6.45) is 0.928. The summed E-state index contributed by atoms with van der Waals surface area (Å²) in [5, 5.41) is 17.8. The molecule has 1 aromatic rings. The molecule has 88 valence electrons. The Bertz CT molecular complexity index is 349. The highest BCUT2D eigenvalue weighted by atomic mass is 32.2. The largest absolute Gasteiger partial charge is 0.488 e. The lowest BCUT2D eigenvalue weighted by Crippen LogP contribution is -2.29. The van der Waals surface area contributed by atoms with Gasteiger partial charge in [-0.1, -0.05) is 26.0 Å². The SMILES string of the molecule is CC(C)CC[S@](=O)c1ccc(B(O)O)cc1. The third-order valence-electron chi connectivity index (χ3n) is 2.32. The van der Waals surface area contributed by atoms with Crippen LogP contribution < -0.4 is 5.46 Å². The summed E-state index contributed by atoms with van der Waals surface area (Å²) < 4.78 is 11.8. The van der Waals surface area contributed by atoms with Crippen LogP contribution in [-0.4, -0.2) is 27.1 Å². The van der Waals surface area contributed by atoms with Crippen LogP contribution in [0, 0.1) is 5.92 Å². The molecule has 5 heteroatoms. The number of rotatable bonds is 5. The highest BCUT2D eigenvalue weighted by molar-refractivity contribution is 7.85. The molecule has 16 heavy (non-hydrogen) atoms. The minimum atomic E-state index is -1.46. The fourth-order valence-electron chi connectivity index (χ4n) is 1.25. The van der Waals surface area contributed by atoms with Crippen LogP contribution in [0.2, 0.25) is 0 Å². The quantitative estimate of drug-likeness (QED) is 0.738. The maximum absolute atomic E-state index is 11.8. The summed E-state index contributed by atoms with van der Waals surface area (Å²) in [6.45, 7) is 4.20. The third kappa shape index (κ3) is 4.08. The van der Waals surface area contributed by atoms with E-state index in [2.05, 4.69) is 13.8 Å². The van der Waals surface area contributed by atoms with Gasteiger partial charge in [-0.25, -0.2) is 0 Å². The van der Waals surface area contributed by atoms with Gasteiger partial charge in [0, 0.05) is 10.6 Å². The van der Waals surface area contributed by atoms with Gasteiger partial charge in [0.15, 0.2) is 0 Å². The molecule has 0 unspecified atom stereocenters. The van der Waals surface area contributed by atoms with Crippen LogP contribution in [0.1, 0.15) is 20.3 Å². The topological polar surface area (TPSA) is 57.5 Å². The first-order chi connectivity index (χ1) is 7.50. The Balaban J connectivity index is 2.63. The Morgan fingerprint density at radius 3 is 2.25 bits per heavy atom. The monoisotopic (exact) mass is 240 g/mol. The number of benzene rings is 1. The van der Waals surface area contributed by atoms with Crippen LogP contribution in [0.25, 0.3) is 0 Å². The predicted molar refractivity (Wildman–Crippen MR) is 67.0 cm³/mol. The van der Waals surface area contributed by atoms with Crippen molar-refractivity contribution in [2.75, 3.05) is 5.75 Å². The summed E-state index contributed by atoms with van der Waals surface area (Å²) in [5.41, 5.74) is 0.421. The van der Waals surface area contributed by atoms with Crippen molar-refractivity contribution in [1.29, 1.82) is 0 Å². The van der Waals surface area contributed by atoms with Gasteiger partial charge in [-0.15, -0.1) is 0 Å². The third-order valence-corrected chi connectivity index (χ3v) is 3.73. The van der Waals surface area contributed by atoms with E-state index in [4.69, 9.17) is 10.0 Å². The lowest BCUT2D eigenvalue weighted by atomic mass is 9.81. The average molecular weight is 240 g/mol. The van der Waals surface area contributed by atoms with Crippen LogP contribution in [0.5, 0.6) is 0 Å². The van der Waals surface area contributed by atoms with Gasteiger partial charge in [0.25, 0.3) is 0 Å². The minimum absolute atomic E-state index is 0.421. The summed E-state index contributed by atoms with van der Waals surface area (Å²) in [5.74, 6) is 1.20. The molecule has 0 spiro atoms. The molecular weight excluding hydrogens is 223 g/mol. The molecule has 0 fully saturated rings. The molecule has 0 aliphatic carbocycles. The first-order valence-corrected chi connectivity index (χ1v) is 6.67. The zero-order chi connectivity index (χ0) is 12.1. The van der Waals surface area contributed by atoms with Crippen LogP contribution >= 0.6 is 0 Å². The van der Waals surface area contributed by atoms with Gasteiger partial charge in [-0.05, 0) is 29.9 Å². The lowest BCUT2D eigenvalue weighted by molar-refractivity contribution is 0.425. The van der Waals surface area contributed by atoms with Gasteiger partial charge < -0.3 is 10.0 Å². The van der Waals surface area contributed by atoms with E-state index in [1.54, 1.807) is 24.3 Å². The second-order valence-electron chi connectivity index (χ2n) is 4.17. The molecular formula is C11H17BO3S. The second-order valence-corrected chi connectivity index (χ2v) is 5.75. The number of hydrogen-bond donors (Lipinski definition) is 2. The van der Waals surface area contributed by atoms with Crippen molar-refractivity contribution in [3.8, 4) is 0 Å². The Hall–Kier alpha value is -0.645. The van der Waals surface area contributed by atoms with Crippen molar-refractivity contribution < 1.29 is 14.3 Å². The van der Waals surface area contributed by atoms with Gasteiger partial charge in [0.2, 0.25) is 0 Å². The molecule has 0 radical (unpaired) electrons. The standard InChI is InChI=1S/C11H17BO3S/c1-9(2)7-8-16(15)11-5-3-10(4-6-11)12(13)14/h3-6,9,13-14H,7-8H2,1-2H3/t16-/m0/s1. The van der Waals surface area contributed by atoms with Crippen LogP contribution in [0.4, 0.5) is 0 Å². The fourth-order valence-corrected chi connectivity index (χ4v) is 2.61. The zero-order valence-corrected chi connectivity index (χ0v) is 10.4. The highest BCUT2D eigenvalue weighted by Crippen LogP contribution is 2.09. The van der Waals surface area contributed by atoms with E-state index >= 15 is 0 Å². The lowest BCUT2D eigenvalue weighted by Gasteiger charge is -2.05. The molecule has 3 nitrogen and oxygen atoms in total. The second kappa shape index (κ2) is 6.18. The van der Waals surface area contributed by atoms with E-state index in [0.717, 1.165) is 11.3 Å². The molecule has 0 saturated heterocycles. The first-order valence-electron chi connectivity index (χ1n) is 5.35. The van der Waals surface area contributed by atoms with Crippen molar-refractivity contribution >= 4 is 23.4 Å². The average Bonchev–Trinajstić information content (AvgIpc) is 2.26. The van der Waals surface area contributed by atoms with E-state index in [1.807, 2.05) is 0 Å². The van der Waals surface area contributed by atoms with Crippen molar-refractivity contribution in [3.63, 3.8) is 0 Å². The van der Waals surface area contributed by atoms with E-state index in [-0.39, 0.29) is 0 Å². The van der Waals surface area contributed by atoms with E-state index in [0.29, 0.717) is 17.1 Å². The van der Waals surface area contributed by atoms with E-state index in [1.165, 1.54) is 0 Å². The maximum atomic E-state index is 11.8. The van der Waals surface area contributed by atoms with Crippen LogP contribution in [0.15, 0.2) is 29.2 Å². The minimum Gasteiger partial charge on any atom is -0.423 e. The van der Waals surface area contributed by atoms with E-state index in [9.17, 15) is 4.21 Å². The van der Waals surface area contributed by atoms with Gasteiger partial charge >= 0.3 is 7.12 Å². The molecule has 0 aromatic heterocycles. The van der Waals surface area contributed by atoms with E-state index < -0.39 is 17.9 Å². The molecule has 2 N–H and O–H groups in total. The normalized spacial score (nSPS) is 12.8. The molecule has 0 aliphatic rings. The van der Waals surface area contributed by atoms with Crippen LogP contribution in [0.3, 0.4) is 0 Å². The summed E-state index contributed by atoms with van der Waals surface area (Å²) in [6, 6.07) is 6.55. The molecule has 0 aliphatic heterocycles. The zero-order valence-electron chi connectivity index (χ0n) is 9.59. The molecule has 0 saturated carbocycles. The molecule has 0 bridgehead atoms. The molecule has 1 atom stereocenters. The van der Waals surface area contributed by atoms with Gasteiger partial charge in [-0.2, -0.15) is 0 Å². The Morgan fingerprint density at radius 2 is 1.81 bits per heavy atom. The Morgan fingerprint density at radius 1 is 1.25 bits per heavy atom. The summed E-state index contributed by atoms with van der Waals surface area (Å²) in [4.78, 5) is 0.741. The van der Waals surface area contributed by atoms with Crippen molar-refractivity contribution in [3.05, 3.63) is 24.3 Å². The van der Waals surface area contributed by atoms with Crippen LogP contribution in [-0.2, 0) is 10.8 Å².